The minimum Gasteiger partial charge on any atom is -0.491 e. The second kappa shape index (κ2) is 8.15. The molecule has 1 aliphatic heterocycles. The molecule has 0 aromatic heterocycles. The van der Waals surface area contributed by atoms with Gasteiger partial charge in [-0.3, -0.25) is 4.79 Å². The maximum absolute atomic E-state index is 11.7. The topological polar surface area (TPSA) is 73.6 Å². The highest BCUT2D eigenvalue weighted by molar-refractivity contribution is 5.76. The predicted molar refractivity (Wildman–Crippen MR) is 85.8 cm³/mol. The second-order valence-corrected chi connectivity index (χ2v) is 6.02. The summed E-state index contributed by atoms with van der Waals surface area (Å²) in [6.45, 7) is 5.68. The van der Waals surface area contributed by atoms with E-state index in [0.29, 0.717) is 19.6 Å². The van der Waals surface area contributed by atoms with Gasteiger partial charge in [-0.1, -0.05) is 12.1 Å². The lowest BCUT2D eigenvalue weighted by Crippen LogP contribution is -2.29. The van der Waals surface area contributed by atoms with Crippen molar-refractivity contribution in [1.29, 1.82) is 0 Å². The summed E-state index contributed by atoms with van der Waals surface area (Å²) in [7, 11) is 0. The maximum Gasteiger partial charge on any atom is 0.221 e. The van der Waals surface area contributed by atoms with E-state index in [2.05, 4.69) is 5.32 Å². The maximum atomic E-state index is 11.7. The van der Waals surface area contributed by atoms with Crippen molar-refractivity contribution >= 4 is 5.91 Å². The summed E-state index contributed by atoms with van der Waals surface area (Å²) in [5.74, 6) is 0.775. The largest absolute Gasteiger partial charge is 0.491 e. The molecule has 2 atom stereocenters. The average Bonchev–Trinajstić information content (AvgIpc) is 2.96. The number of ether oxygens (including phenoxy) is 2. The van der Waals surface area contributed by atoms with Crippen molar-refractivity contribution in [2.75, 3.05) is 13.2 Å². The van der Waals surface area contributed by atoms with Crippen LogP contribution in [-0.4, -0.2) is 31.3 Å². The zero-order valence-corrected chi connectivity index (χ0v) is 13.4. The molecule has 3 N–H and O–H groups in total. The fourth-order valence-electron chi connectivity index (χ4n) is 2.46. The molecule has 0 bridgehead atoms. The summed E-state index contributed by atoms with van der Waals surface area (Å²) < 4.78 is 11.5. The summed E-state index contributed by atoms with van der Waals surface area (Å²) >= 11 is 0. The molecule has 1 heterocycles. The van der Waals surface area contributed by atoms with E-state index in [1.54, 1.807) is 0 Å². The van der Waals surface area contributed by atoms with Crippen LogP contribution in [0.15, 0.2) is 18.2 Å². The predicted octanol–water partition coefficient (Wildman–Crippen LogP) is 1.91. The lowest BCUT2D eigenvalue weighted by Gasteiger charge is -2.16. The van der Waals surface area contributed by atoms with Gasteiger partial charge in [0.25, 0.3) is 0 Å². The van der Waals surface area contributed by atoms with E-state index >= 15 is 0 Å². The summed E-state index contributed by atoms with van der Waals surface area (Å²) in [6.07, 6.45) is 2.66. The van der Waals surface area contributed by atoms with Crippen molar-refractivity contribution in [2.24, 2.45) is 5.73 Å². The first-order valence-electron chi connectivity index (χ1n) is 7.91. The molecule has 1 fully saturated rings. The fraction of sp³-hybridized carbons (Fsp3) is 0.588. The second-order valence-electron chi connectivity index (χ2n) is 6.02. The van der Waals surface area contributed by atoms with Gasteiger partial charge in [0.15, 0.2) is 0 Å². The van der Waals surface area contributed by atoms with Gasteiger partial charge < -0.3 is 20.5 Å². The Balaban J connectivity index is 1.92. The summed E-state index contributed by atoms with van der Waals surface area (Å²) in [4.78, 5) is 11.7. The van der Waals surface area contributed by atoms with Gasteiger partial charge in [-0.2, -0.15) is 0 Å². The normalized spacial score (nSPS) is 19.0. The molecule has 2 rings (SSSR count). The molecule has 2 unspecified atom stereocenters. The number of carbonyl (C=O) groups is 1. The number of nitrogens with two attached hydrogens (primary N) is 1. The molecule has 0 spiro atoms. The van der Waals surface area contributed by atoms with Gasteiger partial charge in [0, 0.05) is 31.2 Å². The number of carbonyl (C=O) groups excluding carboxylic acids is 1. The number of benzene rings is 1. The van der Waals surface area contributed by atoms with Crippen molar-refractivity contribution in [2.45, 2.75) is 51.8 Å². The molecule has 5 nitrogen and oxygen atoms in total. The van der Waals surface area contributed by atoms with Crippen LogP contribution in [0.2, 0.25) is 0 Å². The van der Waals surface area contributed by atoms with Crippen molar-refractivity contribution in [3.05, 3.63) is 29.3 Å². The van der Waals surface area contributed by atoms with E-state index in [1.165, 1.54) is 0 Å². The highest BCUT2D eigenvalue weighted by Crippen LogP contribution is 2.22. The monoisotopic (exact) mass is 306 g/mol. The van der Waals surface area contributed by atoms with Crippen LogP contribution >= 0.6 is 0 Å². The van der Waals surface area contributed by atoms with Gasteiger partial charge >= 0.3 is 0 Å². The highest BCUT2D eigenvalue weighted by atomic mass is 16.5. The highest BCUT2D eigenvalue weighted by Gasteiger charge is 2.17. The van der Waals surface area contributed by atoms with Crippen molar-refractivity contribution in [3.63, 3.8) is 0 Å². The molecule has 1 aromatic carbocycles. The molecule has 5 heteroatoms. The van der Waals surface area contributed by atoms with Gasteiger partial charge in [-0.25, -0.2) is 0 Å². The van der Waals surface area contributed by atoms with Crippen molar-refractivity contribution < 1.29 is 14.3 Å². The third-order valence-corrected chi connectivity index (χ3v) is 3.65. The van der Waals surface area contributed by atoms with E-state index in [0.717, 1.165) is 36.3 Å². The van der Waals surface area contributed by atoms with E-state index in [4.69, 9.17) is 15.2 Å². The Labute approximate surface area is 132 Å². The zero-order chi connectivity index (χ0) is 15.9. The standard InChI is InChI=1S/C17H26N2O3/c1-12-5-6-14(10-19-17(20)9-13(2)18)16(8-12)22-11-15-4-3-7-21-15/h5-6,8,13,15H,3-4,7,9-11,18H2,1-2H3,(H,19,20). The SMILES string of the molecule is Cc1ccc(CNC(=O)CC(C)N)c(OCC2CCCO2)c1. The fourth-order valence-corrected chi connectivity index (χ4v) is 2.46. The molecular weight excluding hydrogens is 280 g/mol. The van der Waals surface area contributed by atoms with Crippen LogP contribution in [0.25, 0.3) is 0 Å². The van der Waals surface area contributed by atoms with Gasteiger partial charge in [0.05, 0.1) is 6.10 Å². The Bertz CT molecular complexity index is 497. The third kappa shape index (κ3) is 5.31. The summed E-state index contributed by atoms with van der Waals surface area (Å²) in [5, 5.41) is 2.89. The number of aryl methyl sites for hydroxylation is 1. The van der Waals surface area contributed by atoms with Gasteiger partial charge in [-0.05, 0) is 38.3 Å². The van der Waals surface area contributed by atoms with Crippen LogP contribution in [-0.2, 0) is 16.1 Å². The minimum atomic E-state index is -0.131. The first-order valence-corrected chi connectivity index (χ1v) is 7.91. The Morgan fingerprint density at radius 1 is 1.55 bits per heavy atom. The number of hydrogen-bond donors (Lipinski definition) is 2. The molecule has 1 aromatic rings. The molecule has 1 amide bonds. The van der Waals surface area contributed by atoms with E-state index in [9.17, 15) is 4.79 Å². The molecule has 0 radical (unpaired) electrons. The van der Waals surface area contributed by atoms with Crippen LogP contribution in [0.1, 0.15) is 37.3 Å². The van der Waals surface area contributed by atoms with Gasteiger partial charge in [0.1, 0.15) is 12.4 Å². The van der Waals surface area contributed by atoms with Gasteiger partial charge in [0.2, 0.25) is 5.91 Å². The Kier molecular flexibility index (Phi) is 6.21. The van der Waals surface area contributed by atoms with Crippen LogP contribution < -0.4 is 15.8 Å². The lowest BCUT2D eigenvalue weighted by atomic mass is 10.1. The zero-order valence-electron chi connectivity index (χ0n) is 13.4. The molecule has 1 aliphatic rings. The molecule has 22 heavy (non-hydrogen) atoms. The Morgan fingerprint density at radius 3 is 3.05 bits per heavy atom. The number of amides is 1. The quantitative estimate of drug-likeness (QED) is 0.807. The van der Waals surface area contributed by atoms with Crippen LogP contribution in [0.4, 0.5) is 0 Å². The van der Waals surface area contributed by atoms with E-state index < -0.39 is 0 Å². The van der Waals surface area contributed by atoms with Gasteiger partial charge in [-0.15, -0.1) is 0 Å². The number of nitrogens with one attached hydrogen (secondary N) is 1. The third-order valence-electron chi connectivity index (χ3n) is 3.65. The molecule has 122 valence electrons. The van der Waals surface area contributed by atoms with E-state index in [-0.39, 0.29) is 18.1 Å². The van der Waals surface area contributed by atoms with Crippen molar-refractivity contribution in [3.8, 4) is 5.75 Å². The van der Waals surface area contributed by atoms with Crippen molar-refractivity contribution in [1.82, 2.24) is 5.32 Å². The van der Waals surface area contributed by atoms with E-state index in [1.807, 2.05) is 32.0 Å². The Hall–Kier alpha value is -1.59. The number of rotatable bonds is 7. The number of hydrogen-bond acceptors (Lipinski definition) is 4. The minimum absolute atomic E-state index is 0.0411. The molecule has 1 saturated heterocycles. The summed E-state index contributed by atoms with van der Waals surface area (Å²) in [6, 6.07) is 5.88. The summed E-state index contributed by atoms with van der Waals surface area (Å²) in [5.41, 5.74) is 7.74. The molecule has 0 saturated carbocycles. The lowest BCUT2D eigenvalue weighted by molar-refractivity contribution is -0.121. The average molecular weight is 306 g/mol. The molecular formula is C17H26N2O3. The van der Waals surface area contributed by atoms with Crippen LogP contribution in [0.3, 0.4) is 0 Å². The first-order chi connectivity index (χ1) is 10.5. The van der Waals surface area contributed by atoms with Crippen LogP contribution in [0, 0.1) is 6.92 Å². The molecule has 0 aliphatic carbocycles. The van der Waals surface area contributed by atoms with Crippen LogP contribution in [0.5, 0.6) is 5.75 Å². The Morgan fingerprint density at radius 2 is 2.36 bits per heavy atom. The first kappa shape index (κ1) is 16.8. The smallest absolute Gasteiger partial charge is 0.221 e.